The number of hydrogen-bond donors (Lipinski definition) is 2. The highest BCUT2D eigenvalue weighted by molar-refractivity contribution is 6.42. The largest absolute Gasteiger partial charge is 0.395 e. The molecule has 1 rings (SSSR count). The molecule has 2 unspecified atom stereocenters. The van der Waals surface area contributed by atoms with Crippen LogP contribution >= 0.6 is 23.2 Å². The second-order valence-corrected chi connectivity index (χ2v) is 5.83. The first kappa shape index (κ1) is 15.8. The van der Waals surface area contributed by atoms with Gasteiger partial charge in [-0.25, -0.2) is 0 Å². The maximum atomic E-state index is 9.37. The number of benzene rings is 1. The van der Waals surface area contributed by atoms with Crippen LogP contribution in [0.3, 0.4) is 0 Å². The SMILES string of the molecule is CC(C)CC(CO)NC(C)c1cccc(Cl)c1Cl. The number of rotatable bonds is 6. The van der Waals surface area contributed by atoms with Gasteiger partial charge in [-0.15, -0.1) is 0 Å². The summed E-state index contributed by atoms with van der Waals surface area (Å²) in [5.41, 5.74) is 0.964. The van der Waals surface area contributed by atoms with Crippen molar-refractivity contribution >= 4 is 23.2 Å². The molecule has 0 spiro atoms. The Kier molecular flexibility index (Phi) is 6.44. The molecule has 102 valence electrons. The third kappa shape index (κ3) is 4.43. The Labute approximate surface area is 119 Å². The van der Waals surface area contributed by atoms with Crippen LogP contribution in [0.5, 0.6) is 0 Å². The Morgan fingerprint density at radius 2 is 1.89 bits per heavy atom. The number of nitrogens with one attached hydrogen (secondary N) is 1. The summed E-state index contributed by atoms with van der Waals surface area (Å²) in [6.07, 6.45) is 0.930. The molecule has 0 heterocycles. The van der Waals surface area contributed by atoms with Gasteiger partial charge >= 0.3 is 0 Å². The topological polar surface area (TPSA) is 32.3 Å². The van der Waals surface area contributed by atoms with E-state index in [4.69, 9.17) is 23.2 Å². The van der Waals surface area contributed by atoms with Gasteiger partial charge in [0.05, 0.1) is 16.7 Å². The number of aliphatic hydroxyl groups is 1. The fourth-order valence-corrected chi connectivity index (χ4v) is 2.53. The van der Waals surface area contributed by atoms with Gasteiger partial charge in [-0.3, -0.25) is 0 Å². The number of halogens is 2. The average molecular weight is 290 g/mol. The molecule has 18 heavy (non-hydrogen) atoms. The summed E-state index contributed by atoms with van der Waals surface area (Å²) in [4.78, 5) is 0. The molecule has 0 saturated heterocycles. The van der Waals surface area contributed by atoms with Crippen molar-refractivity contribution in [2.24, 2.45) is 5.92 Å². The van der Waals surface area contributed by atoms with Gasteiger partial charge in [-0.05, 0) is 30.9 Å². The van der Waals surface area contributed by atoms with Crippen molar-refractivity contribution in [3.8, 4) is 0 Å². The van der Waals surface area contributed by atoms with Crippen LogP contribution in [0.25, 0.3) is 0 Å². The maximum absolute atomic E-state index is 9.37. The van der Waals surface area contributed by atoms with Crippen LogP contribution in [0.4, 0.5) is 0 Å². The van der Waals surface area contributed by atoms with Crippen LogP contribution in [0.2, 0.25) is 10.0 Å². The molecule has 0 saturated carbocycles. The molecule has 0 bridgehead atoms. The Hall–Kier alpha value is -0.280. The van der Waals surface area contributed by atoms with Crippen molar-refractivity contribution in [2.75, 3.05) is 6.61 Å². The highest BCUT2D eigenvalue weighted by Gasteiger charge is 2.16. The van der Waals surface area contributed by atoms with Gasteiger partial charge in [0.1, 0.15) is 0 Å². The van der Waals surface area contributed by atoms with E-state index in [2.05, 4.69) is 19.2 Å². The summed E-state index contributed by atoms with van der Waals surface area (Å²) < 4.78 is 0. The third-order valence-electron chi connectivity index (χ3n) is 2.91. The van der Waals surface area contributed by atoms with Gasteiger partial charge in [0.25, 0.3) is 0 Å². The fourth-order valence-electron chi connectivity index (χ4n) is 2.06. The summed E-state index contributed by atoms with van der Waals surface area (Å²) in [7, 11) is 0. The minimum Gasteiger partial charge on any atom is -0.395 e. The van der Waals surface area contributed by atoms with Gasteiger partial charge in [-0.2, -0.15) is 0 Å². The molecule has 0 aromatic heterocycles. The minimum atomic E-state index is 0.0621. The smallest absolute Gasteiger partial charge is 0.0639 e. The highest BCUT2D eigenvalue weighted by atomic mass is 35.5. The Morgan fingerprint density at radius 1 is 1.22 bits per heavy atom. The summed E-state index contributed by atoms with van der Waals surface area (Å²) in [6.45, 7) is 6.43. The van der Waals surface area contributed by atoms with E-state index in [1.165, 1.54) is 0 Å². The van der Waals surface area contributed by atoms with Crippen molar-refractivity contribution in [1.29, 1.82) is 0 Å². The van der Waals surface area contributed by atoms with Crippen molar-refractivity contribution in [3.63, 3.8) is 0 Å². The lowest BCUT2D eigenvalue weighted by Crippen LogP contribution is -2.35. The Balaban J connectivity index is 2.74. The lowest BCUT2D eigenvalue weighted by atomic mass is 10.0. The van der Waals surface area contributed by atoms with E-state index in [0.29, 0.717) is 16.0 Å². The zero-order valence-electron chi connectivity index (χ0n) is 11.1. The molecule has 0 aliphatic heterocycles. The zero-order chi connectivity index (χ0) is 13.7. The van der Waals surface area contributed by atoms with E-state index in [9.17, 15) is 5.11 Å². The summed E-state index contributed by atoms with van der Waals surface area (Å²) in [6, 6.07) is 5.76. The maximum Gasteiger partial charge on any atom is 0.0639 e. The lowest BCUT2D eigenvalue weighted by molar-refractivity contribution is 0.215. The highest BCUT2D eigenvalue weighted by Crippen LogP contribution is 2.30. The first-order valence-electron chi connectivity index (χ1n) is 6.26. The molecule has 4 heteroatoms. The van der Waals surface area contributed by atoms with Crippen LogP contribution in [0.15, 0.2) is 18.2 Å². The molecule has 2 N–H and O–H groups in total. The normalized spacial score (nSPS) is 14.8. The second-order valence-electron chi connectivity index (χ2n) is 5.04. The fraction of sp³-hybridized carbons (Fsp3) is 0.571. The summed E-state index contributed by atoms with van der Waals surface area (Å²) in [5, 5.41) is 13.9. The third-order valence-corrected chi connectivity index (χ3v) is 3.74. The standard InChI is InChI=1S/C14H21Cl2NO/c1-9(2)7-11(8-18)17-10(3)12-5-4-6-13(15)14(12)16/h4-6,9-11,17-18H,7-8H2,1-3H3. The first-order chi connectivity index (χ1) is 8.45. The van der Waals surface area contributed by atoms with Crippen LogP contribution < -0.4 is 5.32 Å². The van der Waals surface area contributed by atoms with Crippen LogP contribution in [-0.4, -0.2) is 17.8 Å². The minimum absolute atomic E-state index is 0.0621. The molecule has 0 aliphatic rings. The van der Waals surface area contributed by atoms with E-state index in [-0.39, 0.29) is 18.7 Å². The Bertz CT molecular complexity index is 382. The summed E-state index contributed by atoms with van der Waals surface area (Å²) in [5.74, 6) is 0.539. The van der Waals surface area contributed by atoms with Gasteiger partial charge in [-0.1, -0.05) is 49.2 Å². The van der Waals surface area contributed by atoms with Crippen molar-refractivity contribution in [2.45, 2.75) is 39.3 Å². The van der Waals surface area contributed by atoms with Crippen molar-refractivity contribution < 1.29 is 5.11 Å². The molecular formula is C14H21Cl2NO. The van der Waals surface area contributed by atoms with Crippen LogP contribution in [-0.2, 0) is 0 Å². The predicted octanol–water partition coefficient (Wildman–Crippen LogP) is 4.05. The van der Waals surface area contributed by atoms with E-state index in [0.717, 1.165) is 12.0 Å². The lowest BCUT2D eigenvalue weighted by Gasteiger charge is -2.24. The molecule has 1 aromatic rings. The van der Waals surface area contributed by atoms with Crippen LogP contribution in [0, 0.1) is 5.92 Å². The second kappa shape index (κ2) is 7.34. The predicted molar refractivity (Wildman–Crippen MR) is 78.3 cm³/mol. The van der Waals surface area contributed by atoms with E-state index in [1.807, 2.05) is 19.1 Å². The molecule has 0 fully saturated rings. The van der Waals surface area contributed by atoms with E-state index < -0.39 is 0 Å². The molecule has 0 radical (unpaired) electrons. The molecule has 0 amide bonds. The summed E-state index contributed by atoms with van der Waals surface area (Å²) >= 11 is 12.2. The Morgan fingerprint density at radius 3 is 2.44 bits per heavy atom. The van der Waals surface area contributed by atoms with E-state index in [1.54, 1.807) is 6.07 Å². The van der Waals surface area contributed by atoms with Gasteiger partial charge in [0.2, 0.25) is 0 Å². The van der Waals surface area contributed by atoms with Crippen molar-refractivity contribution in [1.82, 2.24) is 5.32 Å². The molecule has 2 nitrogen and oxygen atoms in total. The van der Waals surface area contributed by atoms with Crippen molar-refractivity contribution in [3.05, 3.63) is 33.8 Å². The monoisotopic (exact) mass is 289 g/mol. The molecule has 0 aliphatic carbocycles. The zero-order valence-corrected chi connectivity index (χ0v) is 12.6. The number of hydrogen-bond acceptors (Lipinski definition) is 2. The first-order valence-corrected chi connectivity index (χ1v) is 7.02. The number of aliphatic hydroxyl groups excluding tert-OH is 1. The van der Waals surface area contributed by atoms with Gasteiger partial charge < -0.3 is 10.4 Å². The van der Waals surface area contributed by atoms with Gasteiger partial charge in [0, 0.05) is 12.1 Å². The molecule has 1 aromatic carbocycles. The van der Waals surface area contributed by atoms with E-state index >= 15 is 0 Å². The average Bonchev–Trinajstić information content (AvgIpc) is 2.31. The van der Waals surface area contributed by atoms with Crippen LogP contribution in [0.1, 0.15) is 38.8 Å². The molecular weight excluding hydrogens is 269 g/mol. The quantitative estimate of drug-likeness (QED) is 0.828. The van der Waals surface area contributed by atoms with Gasteiger partial charge in [0.15, 0.2) is 0 Å². The molecule has 2 atom stereocenters.